The number of hydrogen-bond donors (Lipinski definition) is 8. The molecule has 1 unspecified atom stereocenters. The van der Waals surface area contributed by atoms with Crippen molar-refractivity contribution in [3.05, 3.63) is 65.7 Å². The molecule has 0 aliphatic heterocycles. The minimum absolute atomic E-state index is 0.100. The molecule has 0 spiro atoms. The number of nitrogens with two attached hydrogens (primary N) is 2. The van der Waals surface area contributed by atoms with Gasteiger partial charge in [0.15, 0.2) is 0 Å². The molecule has 0 heterocycles. The van der Waals surface area contributed by atoms with Crippen LogP contribution in [0.4, 0.5) is 0 Å². The predicted octanol–water partition coefficient (Wildman–Crippen LogP) is -1.26. The number of aliphatic hydroxyl groups is 1. The Morgan fingerprint density at radius 3 is 2.17 bits per heavy atom. The van der Waals surface area contributed by atoms with Crippen LogP contribution in [0.2, 0.25) is 0 Å². The highest BCUT2D eigenvalue weighted by atomic mass is 32.2. The first-order chi connectivity index (χ1) is 19.1. The van der Waals surface area contributed by atoms with Gasteiger partial charge in [0, 0.05) is 0 Å². The van der Waals surface area contributed by atoms with Gasteiger partial charge in [-0.15, -0.1) is 0 Å². The number of hydrogen-bond acceptors (Lipinski definition) is 9. The Bertz CT molecular complexity index is 1100. The third-order valence-electron chi connectivity index (χ3n) is 5.91. The van der Waals surface area contributed by atoms with Gasteiger partial charge in [-0.1, -0.05) is 42.5 Å². The molecule has 0 aromatic heterocycles. The number of thioether (sulfide) groups is 1. The van der Waals surface area contributed by atoms with Crippen LogP contribution in [0.5, 0.6) is 5.75 Å². The molecule has 2 aromatic carbocycles. The van der Waals surface area contributed by atoms with E-state index in [1.807, 2.05) is 36.6 Å². The molecule has 40 heavy (non-hydrogen) atoms. The molecule has 0 aliphatic carbocycles. The monoisotopic (exact) mass is 574 g/mol. The van der Waals surface area contributed by atoms with E-state index in [4.69, 9.17) is 11.5 Å². The summed E-state index contributed by atoms with van der Waals surface area (Å²) < 4.78 is 0. The average molecular weight is 575 g/mol. The van der Waals surface area contributed by atoms with Crippen LogP contribution in [0.1, 0.15) is 17.5 Å². The largest absolute Gasteiger partial charge is 0.508 e. The molecule has 0 aliphatic rings. The molecular formula is C27H38N6O6S. The molecule has 4 atom stereocenters. The summed E-state index contributed by atoms with van der Waals surface area (Å²) >= 11 is 1.52. The molecule has 4 amide bonds. The Morgan fingerprint density at radius 1 is 0.900 bits per heavy atom. The van der Waals surface area contributed by atoms with Crippen molar-refractivity contribution < 1.29 is 29.4 Å². The molecule has 10 N–H and O–H groups in total. The molecular weight excluding hydrogens is 536 g/mol. The maximum absolute atomic E-state index is 13.0. The number of primary amides is 1. The molecule has 0 radical (unpaired) electrons. The standard InChI is InChI=1S/C27H38N6O6S/c1-40-12-11-21(25(29)37)33-27(39)22(14-17-5-3-2-4-6-17)32-24(36)16-30-23(35)15-31-26(38)20(28)13-18-7-9-19(34)10-8-18/h2-10,20-22,24,32,34,36H,11-16,28H2,1H3,(H2,29,37)(H,30,35)(H,31,38)(H,33,39)/t20-,21-,22-,24?/m0/s1. The number of phenolic OH excluding ortho intramolecular Hbond substituents is 1. The quantitative estimate of drug-likeness (QED) is 0.106. The summed E-state index contributed by atoms with van der Waals surface area (Å²) in [6.07, 6.45) is 1.36. The van der Waals surface area contributed by atoms with Crippen LogP contribution in [0.3, 0.4) is 0 Å². The third-order valence-corrected chi connectivity index (χ3v) is 6.55. The fourth-order valence-corrected chi connectivity index (χ4v) is 4.18. The second-order valence-electron chi connectivity index (χ2n) is 9.17. The number of carbonyl (C=O) groups is 4. The van der Waals surface area contributed by atoms with Gasteiger partial charge in [-0.25, -0.2) is 0 Å². The lowest BCUT2D eigenvalue weighted by atomic mass is 10.0. The number of carbonyl (C=O) groups excluding carboxylic acids is 4. The molecule has 13 heteroatoms. The molecule has 0 saturated heterocycles. The molecule has 0 saturated carbocycles. The maximum atomic E-state index is 13.0. The maximum Gasteiger partial charge on any atom is 0.240 e. The van der Waals surface area contributed by atoms with E-state index in [2.05, 4.69) is 21.3 Å². The Morgan fingerprint density at radius 2 is 1.55 bits per heavy atom. The van der Waals surface area contributed by atoms with Crippen LogP contribution < -0.4 is 32.7 Å². The Labute approximate surface area is 237 Å². The van der Waals surface area contributed by atoms with Gasteiger partial charge in [-0.05, 0) is 54.5 Å². The minimum Gasteiger partial charge on any atom is -0.508 e. The summed E-state index contributed by atoms with van der Waals surface area (Å²) in [7, 11) is 0. The summed E-state index contributed by atoms with van der Waals surface area (Å²) in [5, 5.41) is 30.2. The van der Waals surface area contributed by atoms with E-state index in [0.717, 1.165) is 11.1 Å². The Hall–Kier alpha value is -3.65. The highest BCUT2D eigenvalue weighted by Crippen LogP contribution is 2.11. The first kappa shape index (κ1) is 32.6. The van der Waals surface area contributed by atoms with Gasteiger partial charge in [0.1, 0.15) is 18.0 Å². The van der Waals surface area contributed by atoms with Gasteiger partial charge in [-0.3, -0.25) is 24.5 Å². The summed E-state index contributed by atoms with van der Waals surface area (Å²) in [6, 6.07) is 12.7. The van der Waals surface area contributed by atoms with Crippen LogP contribution >= 0.6 is 11.8 Å². The number of aliphatic hydroxyl groups excluding tert-OH is 1. The second-order valence-corrected chi connectivity index (χ2v) is 10.2. The van der Waals surface area contributed by atoms with Crippen LogP contribution in [0.25, 0.3) is 0 Å². The van der Waals surface area contributed by atoms with Crippen molar-refractivity contribution in [1.29, 1.82) is 0 Å². The van der Waals surface area contributed by atoms with Gasteiger partial charge >= 0.3 is 0 Å². The number of rotatable bonds is 17. The van der Waals surface area contributed by atoms with Crippen molar-refractivity contribution in [2.24, 2.45) is 11.5 Å². The van der Waals surface area contributed by atoms with Crippen LogP contribution in [-0.4, -0.2) is 83.3 Å². The second kappa shape index (κ2) is 17.1. The van der Waals surface area contributed by atoms with Crippen molar-refractivity contribution in [2.75, 3.05) is 25.1 Å². The lowest BCUT2D eigenvalue weighted by molar-refractivity contribution is -0.129. The highest BCUT2D eigenvalue weighted by molar-refractivity contribution is 7.98. The van der Waals surface area contributed by atoms with Crippen molar-refractivity contribution in [1.82, 2.24) is 21.3 Å². The zero-order valence-corrected chi connectivity index (χ0v) is 23.2. The summed E-state index contributed by atoms with van der Waals surface area (Å²) in [5.41, 5.74) is 12.9. The third kappa shape index (κ3) is 12.0. The Kier molecular flexibility index (Phi) is 13.9. The van der Waals surface area contributed by atoms with E-state index >= 15 is 0 Å². The van der Waals surface area contributed by atoms with Gasteiger partial charge in [0.2, 0.25) is 23.6 Å². The molecule has 0 fully saturated rings. The topological polar surface area (TPSA) is 209 Å². The highest BCUT2D eigenvalue weighted by Gasteiger charge is 2.26. The minimum atomic E-state index is -1.31. The van der Waals surface area contributed by atoms with Crippen molar-refractivity contribution in [2.45, 2.75) is 43.6 Å². The number of phenols is 1. The first-order valence-electron chi connectivity index (χ1n) is 12.7. The van der Waals surface area contributed by atoms with Crippen LogP contribution in [-0.2, 0) is 32.0 Å². The number of nitrogens with one attached hydrogen (secondary N) is 4. The van der Waals surface area contributed by atoms with Gasteiger partial charge < -0.3 is 37.6 Å². The fourth-order valence-electron chi connectivity index (χ4n) is 3.71. The molecule has 0 bridgehead atoms. The van der Waals surface area contributed by atoms with E-state index in [1.54, 1.807) is 12.1 Å². The SMILES string of the molecule is CSCC[C@H](NC(=O)[C@H](Cc1ccccc1)NC(O)CNC(=O)CNC(=O)[C@@H](N)Cc1ccc(O)cc1)C(N)=O. The van der Waals surface area contributed by atoms with E-state index in [9.17, 15) is 29.4 Å². The number of amides is 4. The molecule has 2 aromatic rings. The summed E-state index contributed by atoms with van der Waals surface area (Å²) in [4.78, 5) is 49.3. The van der Waals surface area contributed by atoms with Crippen molar-refractivity contribution in [3.8, 4) is 5.75 Å². The molecule has 12 nitrogen and oxygen atoms in total. The van der Waals surface area contributed by atoms with Crippen LogP contribution in [0.15, 0.2) is 54.6 Å². The number of benzene rings is 2. The zero-order chi connectivity index (χ0) is 29.5. The van der Waals surface area contributed by atoms with Gasteiger partial charge in [0.25, 0.3) is 0 Å². The lowest BCUT2D eigenvalue weighted by Gasteiger charge is -2.24. The average Bonchev–Trinajstić information content (AvgIpc) is 2.93. The Balaban J connectivity index is 1.87. The summed E-state index contributed by atoms with van der Waals surface area (Å²) in [6.45, 7) is -0.614. The fraction of sp³-hybridized carbons (Fsp3) is 0.407. The predicted molar refractivity (Wildman–Crippen MR) is 153 cm³/mol. The molecule has 2 rings (SSSR count). The lowest BCUT2D eigenvalue weighted by Crippen LogP contribution is -2.56. The number of aromatic hydroxyl groups is 1. The summed E-state index contributed by atoms with van der Waals surface area (Å²) in [5.74, 6) is -1.55. The van der Waals surface area contributed by atoms with E-state index in [1.165, 1.54) is 23.9 Å². The van der Waals surface area contributed by atoms with Gasteiger partial charge in [-0.2, -0.15) is 11.8 Å². The van der Waals surface area contributed by atoms with Crippen molar-refractivity contribution in [3.63, 3.8) is 0 Å². The van der Waals surface area contributed by atoms with Gasteiger partial charge in [0.05, 0.1) is 25.2 Å². The molecule has 218 valence electrons. The normalized spacial score (nSPS) is 13.9. The van der Waals surface area contributed by atoms with Crippen LogP contribution in [0, 0.1) is 0 Å². The van der Waals surface area contributed by atoms with Crippen molar-refractivity contribution >= 4 is 35.4 Å². The van der Waals surface area contributed by atoms with E-state index in [-0.39, 0.29) is 31.7 Å². The van der Waals surface area contributed by atoms with E-state index < -0.39 is 48.0 Å². The smallest absolute Gasteiger partial charge is 0.240 e. The zero-order valence-electron chi connectivity index (χ0n) is 22.3. The van der Waals surface area contributed by atoms with E-state index in [0.29, 0.717) is 12.2 Å². The first-order valence-corrected chi connectivity index (χ1v) is 14.1.